The summed E-state index contributed by atoms with van der Waals surface area (Å²) >= 11 is 0. The molecule has 0 aromatic heterocycles. The summed E-state index contributed by atoms with van der Waals surface area (Å²) in [7, 11) is 0. The van der Waals surface area contributed by atoms with E-state index < -0.39 is 0 Å². The highest BCUT2D eigenvalue weighted by Crippen LogP contribution is 2.35. The Bertz CT molecular complexity index is 224. The monoisotopic (exact) mass is 195 g/mol. The van der Waals surface area contributed by atoms with Crippen LogP contribution < -0.4 is 5.32 Å². The molecule has 80 valence electrons. The molecular weight excluding hydrogens is 174 g/mol. The molecule has 1 heterocycles. The van der Waals surface area contributed by atoms with Gasteiger partial charge in [-0.3, -0.25) is 0 Å². The molecule has 1 saturated carbocycles. The maximum absolute atomic E-state index is 9.56. The van der Waals surface area contributed by atoms with Gasteiger partial charge in [-0.25, -0.2) is 0 Å². The zero-order valence-electron chi connectivity index (χ0n) is 9.00. The van der Waals surface area contributed by atoms with Gasteiger partial charge in [-0.2, -0.15) is 0 Å². The zero-order chi connectivity index (χ0) is 9.97. The minimum absolute atomic E-state index is 0.257. The third kappa shape index (κ3) is 2.18. The maximum atomic E-state index is 9.56. The van der Waals surface area contributed by atoms with E-state index in [2.05, 4.69) is 18.3 Å². The molecule has 2 heteroatoms. The standard InChI is InChI=1S/C12H21NO/c1-9-4-2-3-5-12(9)10-6-11(14)8-13-7-10/h6,9,11-14H,2-5,7-8H2,1H3. The maximum Gasteiger partial charge on any atom is 0.0848 e. The minimum atomic E-state index is -0.257. The second kappa shape index (κ2) is 4.45. The SMILES string of the molecule is CC1CCCCC1C1=CC(O)CNC1. The van der Waals surface area contributed by atoms with Gasteiger partial charge in [0.15, 0.2) is 0 Å². The lowest BCUT2D eigenvalue weighted by molar-refractivity contribution is 0.203. The molecule has 2 N–H and O–H groups in total. The van der Waals surface area contributed by atoms with Crippen molar-refractivity contribution in [1.29, 1.82) is 0 Å². The van der Waals surface area contributed by atoms with Crippen LogP contribution in [0, 0.1) is 11.8 Å². The fourth-order valence-electron chi connectivity index (χ4n) is 2.85. The molecule has 1 aliphatic heterocycles. The van der Waals surface area contributed by atoms with Gasteiger partial charge < -0.3 is 10.4 Å². The van der Waals surface area contributed by atoms with Gasteiger partial charge in [0.2, 0.25) is 0 Å². The van der Waals surface area contributed by atoms with Crippen LogP contribution in [-0.2, 0) is 0 Å². The highest BCUT2D eigenvalue weighted by molar-refractivity contribution is 5.16. The van der Waals surface area contributed by atoms with E-state index in [-0.39, 0.29) is 6.10 Å². The van der Waals surface area contributed by atoms with Crippen LogP contribution in [0.5, 0.6) is 0 Å². The third-order valence-electron chi connectivity index (χ3n) is 3.68. The van der Waals surface area contributed by atoms with E-state index in [0.29, 0.717) is 0 Å². The highest BCUT2D eigenvalue weighted by Gasteiger charge is 2.26. The van der Waals surface area contributed by atoms with Gasteiger partial charge in [0.25, 0.3) is 0 Å². The Kier molecular flexibility index (Phi) is 3.24. The summed E-state index contributed by atoms with van der Waals surface area (Å²) in [4.78, 5) is 0. The first-order valence-electron chi connectivity index (χ1n) is 5.86. The van der Waals surface area contributed by atoms with E-state index >= 15 is 0 Å². The van der Waals surface area contributed by atoms with E-state index in [9.17, 15) is 5.11 Å². The molecule has 1 fully saturated rings. The predicted molar refractivity (Wildman–Crippen MR) is 58.1 cm³/mol. The second-order valence-corrected chi connectivity index (χ2v) is 4.81. The summed E-state index contributed by atoms with van der Waals surface area (Å²) in [6, 6.07) is 0. The Morgan fingerprint density at radius 1 is 1.36 bits per heavy atom. The summed E-state index contributed by atoms with van der Waals surface area (Å²) in [5.41, 5.74) is 1.45. The lowest BCUT2D eigenvalue weighted by atomic mass is 9.75. The van der Waals surface area contributed by atoms with Gasteiger partial charge in [-0.15, -0.1) is 0 Å². The minimum Gasteiger partial charge on any atom is -0.388 e. The summed E-state index contributed by atoms with van der Waals surface area (Å²) in [5, 5.41) is 12.8. The number of hydrogen-bond acceptors (Lipinski definition) is 2. The average molecular weight is 195 g/mol. The first-order chi connectivity index (χ1) is 6.77. The normalized spacial score (nSPS) is 39.3. The fraction of sp³-hybridized carbons (Fsp3) is 0.833. The van der Waals surface area contributed by atoms with Crippen molar-refractivity contribution in [2.75, 3.05) is 13.1 Å². The van der Waals surface area contributed by atoms with Crippen LogP contribution in [0.4, 0.5) is 0 Å². The first-order valence-corrected chi connectivity index (χ1v) is 5.86. The van der Waals surface area contributed by atoms with Gasteiger partial charge in [-0.05, 0) is 18.3 Å². The Labute approximate surface area is 86.4 Å². The molecule has 3 unspecified atom stereocenters. The molecule has 0 amide bonds. The molecule has 0 saturated heterocycles. The fourth-order valence-corrected chi connectivity index (χ4v) is 2.85. The molecule has 2 nitrogen and oxygen atoms in total. The number of hydrogen-bond donors (Lipinski definition) is 2. The number of nitrogens with one attached hydrogen (secondary N) is 1. The molecule has 3 atom stereocenters. The highest BCUT2D eigenvalue weighted by atomic mass is 16.3. The molecule has 1 aliphatic carbocycles. The molecular formula is C12H21NO. The number of aliphatic hydroxyl groups is 1. The molecule has 0 aromatic carbocycles. The van der Waals surface area contributed by atoms with E-state index in [1.165, 1.54) is 31.3 Å². The molecule has 0 spiro atoms. The van der Waals surface area contributed by atoms with Gasteiger partial charge in [0.05, 0.1) is 6.10 Å². The Morgan fingerprint density at radius 3 is 2.86 bits per heavy atom. The van der Waals surface area contributed by atoms with Crippen LogP contribution in [0.1, 0.15) is 32.6 Å². The van der Waals surface area contributed by atoms with Crippen molar-refractivity contribution >= 4 is 0 Å². The quantitative estimate of drug-likeness (QED) is 0.624. The molecule has 14 heavy (non-hydrogen) atoms. The van der Waals surface area contributed by atoms with Crippen LogP contribution >= 0.6 is 0 Å². The Hall–Kier alpha value is -0.340. The number of rotatable bonds is 1. The molecule has 0 radical (unpaired) electrons. The molecule has 0 bridgehead atoms. The third-order valence-corrected chi connectivity index (χ3v) is 3.68. The van der Waals surface area contributed by atoms with Crippen molar-refractivity contribution in [3.05, 3.63) is 11.6 Å². The van der Waals surface area contributed by atoms with Crippen molar-refractivity contribution in [2.45, 2.75) is 38.7 Å². The van der Waals surface area contributed by atoms with Crippen LogP contribution in [0.25, 0.3) is 0 Å². The number of aliphatic hydroxyl groups excluding tert-OH is 1. The summed E-state index contributed by atoms with van der Waals surface area (Å²) in [6.45, 7) is 4.07. The molecule has 2 rings (SSSR count). The second-order valence-electron chi connectivity index (χ2n) is 4.81. The van der Waals surface area contributed by atoms with E-state index in [0.717, 1.165) is 24.9 Å². The van der Waals surface area contributed by atoms with Crippen molar-refractivity contribution in [3.63, 3.8) is 0 Å². The lowest BCUT2D eigenvalue weighted by Gasteiger charge is -2.33. The Balaban J connectivity index is 2.04. The summed E-state index contributed by atoms with van der Waals surface area (Å²) in [5.74, 6) is 1.54. The van der Waals surface area contributed by atoms with Crippen molar-refractivity contribution < 1.29 is 5.11 Å². The largest absolute Gasteiger partial charge is 0.388 e. The lowest BCUT2D eigenvalue weighted by Crippen LogP contribution is -2.36. The van der Waals surface area contributed by atoms with Gasteiger partial charge >= 0.3 is 0 Å². The van der Waals surface area contributed by atoms with Gasteiger partial charge in [0, 0.05) is 13.1 Å². The Morgan fingerprint density at radius 2 is 2.14 bits per heavy atom. The predicted octanol–water partition coefficient (Wildman–Crippen LogP) is 1.70. The topological polar surface area (TPSA) is 32.3 Å². The van der Waals surface area contributed by atoms with Crippen molar-refractivity contribution in [1.82, 2.24) is 5.32 Å². The van der Waals surface area contributed by atoms with Crippen molar-refractivity contribution in [3.8, 4) is 0 Å². The molecule has 0 aromatic rings. The average Bonchev–Trinajstić information content (AvgIpc) is 2.18. The van der Waals surface area contributed by atoms with Crippen molar-refractivity contribution in [2.24, 2.45) is 11.8 Å². The first kappa shape index (κ1) is 10.2. The molecule has 2 aliphatic rings. The van der Waals surface area contributed by atoms with Gasteiger partial charge in [-0.1, -0.05) is 37.8 Å². The van der Waals surface area contributed by atoms with Crippen LogP contribution in [0.3, 0.4) is 0 Å². The van der Waals surface area contributed by atoms with E-state index in [4.69, 9.17) is 0 Å². The zero-order valence-corrected chi connectivity index (χ0v) is 9.00. The summed E-state index contributed by atoms with van der Waals surface area (Å²) in [6.07, 6.45) is 7.26. The van der Waals surface area contributed by atoms with Gasteiger partial charge in [0.1, 0.15) is 0 Å². The summed E-state index contributed by atoms with van der Waals surface area (Å²) < 4.78 is 0. The van der Waals surface area contributed by atoms with Crippen LogP contribution in [-0.4, -0.2) is 24.3 Å². The van der Waals surface area contributed by atoms with E-state index in [1.54, 1.807) is 0 Å². The smallest absolute Gasteiger partial charge is 0.0848 e. The van der Waals surface area contributed by atoms with E-state index in [1.807, 2.05) is 0 Å². The van der Waals surface area contributed by atoms with Crippen LogP contribution in [0.15, 0.2) is 11.6 Å². The van der Waals surface area contributed by atoms with Crippen LogP contribution in [0.2, 0.25) is 0 Å². The number of β-amino-alcohol motifs (C(OH)–C–C–N with tert-alkyl or cyclic N) is 1.